The summed E-state index contributed by atoms with van der Waals surface area (Å²) >= 11 is 0. The van der Waals surface area contributed by atoms with E-state index in [1.807, 2.05) is 0 Å². The van der Waals surface area contributed by atoms with E-state index in [4.69, 9.17) is 5.73 Å². The average Bonchev–Trinajstić information content (AvgIpc) is 2.55. The Bertz CT molecular complexity index is 595. The van der Waals surface area contributed by atoms with Crippen molar-refractivity contribution in [1.29, 1.82) is 0 Å². The van der Waals surface area contributed by atoms with Crippen LogP contribution in [0.5, 0.6) is 0 Å². The van der Waals surface area contributed by atoms with Crippen LogP contribution in [0.4, 0.5) is 14.5 Å². The molecule has 1 saturated carbocycles. The van der Waals surface area contributed by atoms with Gasteiger partial charge >= 0.3 is 0 Å². The molecule has 0 radical (unpaired) electrons. The summed E-state index contributed by atoms with van der Waals surface area (Å²) in [4.78, 5) is 26.0. The van der Waals surface area contributed by atoms with Crippen molar-refractivity contribution in [3.8, 4) is 0 Å². The monoisotopic (exact) mass is 375 g/mol. The molecule has 25 heavy (non-hydrogen) atoms. The summed E-state index contributed by atoms with van der Waals surface area (Å²) in [6, 6.07) is 3.34. The fourth-order valence-electron chi connectivity index (χ4n) is 3.03. The Morgan fingerprint density at radius 1 is 1.28 bits per heavy atom. The molecule has 0 aliphatic heterocycles. The highest BCUT2D eigenvalue weighted by Crippen LogP contribution is 2.25. The summed E-state index contributed by atoms with van der Waals surface area (Å²) in [5.74, 6) is -2.65. The first-order chi connectivity index (χ1) is 11.4. The van der Waals surface area contributed by atoms with Crippen LogP contribution >= 0.6 is 12.4 Å². The van der Waals surface area contributed by atoms with Crippen LogP contribution in [0, 0.1) is 17.6 Å². The van der Waals surface area contributed by atoms with Gasteiger partial charge in [-0.15, -0.1) is 12.4 Å². The lowest BCUT2D eigenvalue weighted by Gasteiger charge is -2.30. The maximum atomic E-state index is 13.6. The molecule has 0 bridgehead atoms. The van der Waals surface area contributed by atoms with Gasteiger partial charge in [-0.1, -0.05) is 12.5 Å². The van der Waals surface area contributed by atoms with Crippen LogP contribution in [-0.2, 0) is 9.59 Å². The highest BCUT2D eigenvalue weighted by Gasteiger charge is 2.29. The summed E-state index contributed by atoms with van der Waals surface area (Å²) in [5, 5.41) is 2.20. The number of amides is 2. The number of nitrogens with zero attached hydrogens (tertiary/aromatic N) is 1. The van der Waals surface area contributed by atoms with Gasteiger partial charge in [0.2, 0.25) is 11.8 Å². The molecule has 2 amide bonds. The molecule has 2 atom stereocenters. The van der Waals surface area contributed by atoms with Gasteiger partial charge in [0.15, 0.2) is 0 Å². The van der Waals surface area contributed by atoms with Crippen LogP contribution in [0.25, 0.3) is 0 Å². The highest BCUT2D eigenvalue weighted by atomic mass is 35.5. The van der Waals surface area contributed by atoms with E-state index < -0.39 is 23.2 Å². The lowest BCUT2D eigenvalue weighted by atomic mass is 9.85. The van der Waals surface area contributed by atoms with Gasteiger partial charge in [-0.2, -0.15) is 0 Å². The average molecular weight is 376 g/mol. The molecule has 0 heterocycles. The Labute approximate surface area is 152 Å². The largest absolute Gasteiger partial charge is 0.333 e. The highest BCUT2D eigenvalue weighted by molar-refractivity contribution is 5.95. The van der Waals surface area contributed by atoms with Gasteiger partial charge in [-0.25, -0.2) is 8.78 Å². The lowest BCUT2D eigenvalue weighted by Crippen LogP contribution is -2.44. The van der Waals surface area contributed by atoms with E-state index in [2.05, 4.69) is 5.32 Å². The van der Waals surface area contributed by atoms with Crippen LogP contribution in [0.1, 0.15) is 32.6 Å². The third-order valence-corrected chi connectivity index (χ3v) is 4.32. The van der Waals surface area contributed by atoms with Crippen molar-refractivity contribution in [1.82, 2.24) is 4.90 Å². The molecule has 2 rings (SSSR count). The van der Waals surface area contributed by atoms with Crippen LogP contribution in [0.2, 0.25) is 0 Å². The minimum Gasteiger partial charge on any atom is -0.333 e. The van der Waals surface area contributed by atoms with Gasteiger partial charge in [0, 0.05) is 18.5 Å². The molecule has 1 fully saturated rings. The van der Waals surface area contributed by atoms with Gasteiger partial charge in [0.25, 0.3) is 0 Å². The summed E-state index contributed by atoms with van der Waals surface area (Å²) in [7, 11) is 0. The van der Waals surface area contributed by atoms with Crippen molar-refractivity contribution >= 4 is 29.9 Å². The molecule has 1 aromatic rings. The Morgan fingerprint density at radius 2 is 1.92 bits per heavy atom. The molecule has 1 aliphatic carbocycles. The SMILES string of the molecule is CCN(CC(=O)Nc1c(F)cccc1F)C(=O)C1CCCC(N)C1.Cl. The topological polar surface area (TPSA) is 75.4 Å². The Balaban J connectivity index is 0.00000312. The number of hydrogen-bond donors (Lipinski definition) is 2. The third kappa shape index (κ3) is 5.64. The molecule has 1 aliphatic rings. The van der Waals surface area contributed by atoms with E-state index in [1.54, 1.807) is 6.92 Å². The number of halogens is 3. The number of nitrogens with two attached hydrogens (primary N) is 1. The predicted octanol–water partition coefficient (Wildman–Crippen LogP) is 2.69. The quantitative estimate of drug-likeness (QED) is 0.830. The molecule has 0 spiro atoms. The summed E-state index contributed by atoms with van der Waals surface area (Å²) < 4.78 is 27.1. The molecular weight excluding hydrogens is 352 g/mol. The smallest absolute Gasteiger partial charge is 0.244 e. The molecule has 0 aromatic heterocycles. The zero-order valence-corrected chi connectivity index (χ0v) is 15.0. The van der Waals surface area contributed by atoms with Gasteiger partial charge in [-0.05, 0) is 38.3 Å². The van der Waals surface area contributed by atoms with Crippen molar-refractivity contribution in [3.63, 3.8) is 0 Å². The van der Waals surface area contributed by atoms with Crippen LogP contribution in [0.15, 0.2) is 18.2 Å². The minimum atomic E-state index is -0.851. The van der Waals surface area contributed by atoms with Gasteiger partial charge in [0.05, 0.1) is 6.54 Å². The van der Waals surface area contributed by atoms with E-state index in [0.29, 0.717) is 13.0 Å². The summed E-state index contributed by atoms with van der Waals surface area (Å²) in [5.41, 5.74) is 5.41. The zero-order chi connectivity index (χ0) is 17.7. The van der Waals surface area contributed by atoms with E-state index in [-0.39, 0.29) is 36.8 Å². The van der Waals surface area contributed by atoms with E-state index in [0.717, 1.165) is 31.4 Å². The van der Waals surface area contributed by atoms with E-state index in [1.165, 1.54) is 11.0 Å². The Hall–Kier alpha value is -1.73. The number of anilines is 1. The fraction of sp³-hybridized carbons (Fsp3) is 0.529. The number of hydrogen-bond acceptors (Lipinski definition) is 3. The Morgan fingerprint density at radius 3 is 2.48 bits per heavy atom. The maximum Gasteiger partial charge on any atom is 0.244 e. The molecular formula is C17H24ClF2N3O2. The second kappa shape index (κ2) is 9.68. The number of carbonyl (C=O) groups is 2. The van der Waals surface area contributed by atoms with Gasteiger partial charge in [-0.3, -0.25) is 9.59 Å². The number of nitrogens with one attached hydrogen (secondary N) is 1. The fourth-order valence-corrected chi connectivity index (χ4v) is 3.03. The van der Waals surface area contributed by atoms with E-state index in [9.17, 15) is 18.4 Å². The standard InChI is InChI=1S/C17H23F2N3O2.ClH/c1-2-22(17(24)11-5-3-6-12(20)9-11)10-15(23)21-16-13(18)7-4-8-14(16)19;/h4,7-8,11-12H,2-3,5-6,9-10,20H2,1H3,(H,21,23);1H. The first-order valence-corrected chi connectivity index (χ1v) is 8.20. The van der Waals surface area contributed by atoms with Crippen molar-refractivity contribution in [2.75, 3.05) is 18.4 Å². The zero-order valence-electron chi connectivity index (χ0n) is 14.1. The summed E-state index contributed by atoms with van der Waals surface area (Å²) in [6.45, 7) is 1.87. The normalized spacial score (nSPS) is 19.7. The molecule has 3 N–H and O–H groups in total. The summed E-state index contributed by atoms with van der Waals surface area (Å²) in [6.07, 6.45) is 3.16. The number of rotatable bonds is 5. The molecule has 8 heteroatoms. The Kier molecular flexibility index (Phi) is 8.25. The lowest BCUT2D eigenvalue weighted by molar-refractivity contribution is -0.139. The van der Waals surface area contributed by atoms with E-state index >= 15 is 0 Å². The second-order valence-corrected chi connectivity index (χ2v) is 6.12. The van der Waals surface area contributed by atoms with Crippen LogP contribution in [0.3, 0.4) is 0 Å². The van der Waals surface area contributed by atoms with Crippen molar-refractivity contribution in [2.45, 2.75) is 38.6 Å². The maximum absolute atomic E-state index is 13.6. The minimum absolute atomic E-state index is 0. The predicted molar refractivity (Wildman–Crippen MR) is 94.4 cm³/mol. The van der Waals surface area contributed by atoms with Gasteiger partial charge in [0.1, 0.15) is 17.3 Å². The van der Waals surface area contributed by atoms with Gasteiger partial charge < -0.3 is 16.0 Å². The number of para-hydroxylation sites is 1. The molecule has 0 saturated heterocycles. The second-order valence-electron chi connectivity index (χ2n) is 6.12. The first kappa shape index (κ1) is 21.3. The molecule has 1 aromatic carbocycles. The molecule has 140 valence electrons. The van der Waals surface area contributed by atoms with Crippen LogP contribution in [-0.4, -0.2) is 35.8 Å². The molecule has 2 unspecified atom stereocenters. The first-order valence-electron chi connectivity index (χ1n) is 8.20. The van der Waals surface area contributed by atoms with Crippen LogP contribution < -0.4 is 11.1 Å². The van der Waals surface area contributed by atoms with Crippen molar-refractivity contribution < 1.29 is 18.4 Å². The van der Waals surface area contributed by atoms with Crippen molar-refractivity contribution in [3.05, 3.63) is 29.8 Å². The third-order valence-electron chi connectivity index (χ3n) is 4.32. The number of carbonyl (C=O) groups excluding carboxylic acids is 2. The van der Waals surface area contributed by atoms with Crippen molar-refractivity contribution in [2.24, 2.45) is 11.7 Å². The molecule has 5 nitrogen and oxygen atoms in total. The number of likely N-dealkylation sites (N-methyl/N-ethyl adjacent to an activating group) is 1. The number of benzene rings is 1.